The van der Waals surface area contributed by atoms with Crippen LogP contribution in [-0.2, 0) is 11.3 Å². The summed E-state index contributed by atoms with van der Waals surface area (Å²) in [6.45, 7) is 0.661. The van der Waals surface area contributed by atoms with Gasteiger partial charge in [0.25, 0.3) is 11.1 Å². The SMILES string of the molecule is COc1ccccc1CNC(=O)CSc1nnc([C@H]2COc3ccccc3O2)o1. The molecule has 0 saturated heterocycles. The molecule has 1 N–H and O–H groups in total. The summed E-state index contributed by atoms with van der Waals surface area (Å²) in [6.07, 6.45) is -0.480. The number of thioether (sulfide) groups is 1. The number of benzene rings is 2. The van der Waals surface area contributed by atoms with Gasteiger partial charge in [0.1, 0.15) is 12.4 Å². The van der Waals surface area contributed by atoms with Gasteiger partial charge in [-0.2, -0.15) is 0 Å². The molecule has 1 aliphatic heterocycles. The zero-order valence-corrected chi connectivity index (χ0v) is 16.5. The lowest BCUT2D eigenvalue weighted by Gasteiger charge is -2.23. The zero-order valence-electron chi connectivity index (χ0n) is 15.7. The lowest BCUT2D eigenvalue weighted by Crippen LogP contribution is -2.24. The van der Waals surface area contributed by atoms with Crippen LogP contribution in [0, 0.1) is 0 Å². The monoisotopic (exact) mass is 413 g/mol. The van der Waals surface area contributed by atoms with Gasteiger partial charge >= 0.3 is 0 Å². The molecule has 9 heteroatoms. The number of amides is 1. The Morgan fingerprint density at radius 1 is 1.17 bits per heavy atom. The van der Waals surface area contributed by atoms with Crippen LogP contribution in [-0.4, -0.2) is 35.6 Å². The first-order valence-corrected chi connectivity index (χ1v) is 9.95. The Hall–Kier alpha value is -3.20. The molecule has 150 valence electrons. The first-order valence-electron chi connectivity index (χ1n) is 8.96. The van der Waals surface area contributed by atoms with E-state index in [1.807, 2.05) is 48.5 Å². The van der Waals surface area contributed by atoms with Crippen LogP contribution in [0.2, 0.25) is 0 Å². The van der Waals surface area contributed by atoms with E-state index in [0.29, 0.717) is 29.2 Å². The average molecular weight is 413 g/mol. The van der Waals surface area contributed by atoms with Gasteiger partial charge in [0, 0.05) is 12.1 Å². The summed E-state index contributed by atoms with van der Waals surface area (Å²) < 4.78 is 22.4. The highest BCUT2D eigenvalue weighted by Gasteiger charge is 2.27. The number of hydrogen-bond acceptors (Lipinski definition) is 8. The number of carbonyl (C=O) groups is 1. The number of rotatable bonds is 7. The summed E-state index contributed by atoms with van der Waals surface area (Å²) in [5.41, 5.74) is 0.906. The molecule has 0 radical (unpaired) electrons. The van der Waals surface area contributed by atoms with E-state index in [1.54, 1.807) is 7.11 Å². The number of hydrogen-bond donors (Lipinski definition) is 1. The molecule has 0 aliphatic carbocycles. The van der Waals surface area contributed by atoms with Gasteiger partial charge in [-0.05, 0) is 18.2 Å². The van der Waals surface area contributed by atoms with E-state index in [-0.39, 0.29) is 18.3 Å². The number of aromatic nitrogens is 2. The van der Waals surface area contributed by atoms with Crippen molar-refractivity contribution in [2.45, 2.75) is 17.9 Å². The fraction of sp³-hybridized carbons (Fsp3) is 0.250. The third-order valence-corrected chi connectivity index (χ3v) is 5.02. The third-order valence-electron chi connectivity index (χ3n) is 4.20. The minimum absolute atomic E-state index is 0.146. The van der Waals surface area contributed by atoms with Crippen LogP contribution >= 0.6 is 11.8 Å². The lowest BCUT2D eigenvalue weighted by molar-refractivity contribution is -0.118. The van der Waals surface area contributed by atoms with Crippen molar-refractivity contribution in [1.82, 2.24) is 15.5 Å². The highest BCUT2D eigenvalue weighted by Crippen LogP contribution is 2.35. The predicted octanol–water partition coefficient (Wildman–Crippen LogP) is 3.00. The molecule has 4 rings (SSSR count). The van der Waals surface area contributed by atoms with Crippen LogP contribution in [0.15, 0.2) is 58.2 Å². The van der Waals surface area contributed by atoms with Crippen molar-refractivity contribution in [3.63, 3.8) is 0 Å². The smallest absolute Gasteiger partial charge is 0.277 e. The molecule has 0 unspecified atom stereocenters. The Kier molecular flexibility index (Phi) is 5.85. The molecule has 0 bridgehead atoms. The average Bonchev–Trinajstić information content (AvgIpc) is 3.25. The number of carbonyl (C=O) groups excluding carboxylic acids is 1. The molecule has 0 spiro atoms. The molecule has 1 atom stereocenters. The highest BCUT2D eigenvalue weighted by atomic mass is 32.2. The summed E-state index contributed by atoms with van der Waals surface area (Å²) in [6, 6.07) is 14.9. The van der Waals surface area contributed by atoms with Gasteiger partial charge in [0.2, 0.25) is 12.0 Å². The second-order valence-electron chi connectivity index (χ2n) is 6.15. The van der Waals surface area contributed by atoms with Gasteiger partial charge in [-0.3, -0.25) is 4.79 Å². The standard InChI is InChI=1S/C20H19N3O5S/c1-25-14-7-3-2-6-13(14)10-21-18(24)12-29-20-23-22-19(28-20)17-11-26-15-8-4-5-9-16(15)27-17/h2-9,17H,10-12H2,1H3,(H,21,24)/t17-/m1/s1. The van der Waals surface area contributed by atoms with Gasteiger partial charge in [-0.15, -0.1) is 10.2 Å². The Morgan fingerprint density at radius 2 is 1.97 bits per heavy atom. The van der Waals surface area contributed by atoms with Crippen LogP contribution in [0.25, 0.3) is 0 Å². The topological polar surface area (TPSA) is 95.7 Å². The number of nitrogens with zero attached hydrogens (tertiary/aromatic N) is 2. The molecule has 29 heavy (non-hydrogen) atoms. The molecular formula is C20H19N3O5S. The molecule has 1 aromatic heterocycles. The van der Waals surface area contributed by atoms with Crippen molar-refractivity contribution < 1.29 is 23.4 Å². The fourth-order valence-electron chi connectivity index (χ4n) is 2.77. The number of nitrogens with one attached hydrogen (secondary N) is 1. The maximum atomic E-state index is 12.1. The van der Waals surface area contributed by atoms with E-state index >= 15 is 0 Å². The van der Waals surface area contributed by atoms with Crippen LogP contribution in [0.4, 0.5) is 0 Å². The van der Waals surface area contributed by atoms with E-state index in [1.165, 1.54) is 0 Å². The molecule has 0 fully saturated rings. The van der Waals surface area contributed by atoms with E-state index in [4.69, 9.17) is 18.6 Å². The quantitative estimate of drug-likeness (QED) is 0.591. The van der Waals surface area contributed by atoms with Crippen molar-refractivity contribution >= 4 is 17.7 Å². The van der Waals surface area contributed by atoms with Crippen molar-refractivity contribution in [1.29, 1.82) is 0 Å². The largest absolute Gasteiger partial charge is 0.496 e. The summed E-state index contributed by atoms with van der Waals surface area (Å²) >= 11 is 1.16. The van der Waals surface area contributed by atoms with E-state index < -0.39 is 6.10 Å². The van der Waals surface area contributed by atoms with Gasteiger partial charge < -0.3 is 23.9 Å². The van der Waals surface area contributed by atoms with E-state index in [2.05, 4.69) is 15.5 Å². The third kappa shape index (κ3) is 4.62. The summed E-state index contributed by atoms with van der Waals surface area (Å²) in [4.78, 5) is 12.1. The van der Waals surface area contributed by atoms with E-state index in [9.17, 15) is 4.79 Å². The summed E-state index contributed by atoms with van der Waals surface area (Å²) in [5.74, 6) is 2.37. The maximum Gasteiger partial charge on any atom is 0.277 e. The summed E-state index contributed by atoms with van der Waals surface area (Å²) in [5, 5.41) is 11.1. The minimum Gasteiger partial charge on any atom is -0.496 e. The molecule has 1 aliphatic rings. The molecule has 2 aromatic carbocycles. The van der Waals surface area contributed by atoms with Gasteiger partial charge in [-0.1, -0.05) is 42.1 Å². The van der Waals surface area contributed by atoms with E-state index in [0.717, 1.165) is 23.1 Å². The van der Waals surface area contributed by atoms with Crippen molar-refractivity contribution in [2.75, 3.05) is 19.5 Å². The predicted molar refractivity (Wildman–Crippen MR) is 105 cm³/mol. The maximum absolute atomic E-state index is 12.1. The van der Waals surface area contributed by atoms with Crippen LogP contribution in [0.3, 0.4) is 0 Å². The van der Waals surface area contributed by atoms with Crippen LogP contribution < -0.4 is 19.5 Å². The Morgan fingerprint density at radius 3 is 2.83 bits per heavy atom. The zero-order chi connectivity index (χ0) is 20.1. The normalized spacial score (nSPS) is 15.0. The first kappa shape index (κ1) is 19.1. The lowest BCUT2D eigenvalue weighted by atomic mass is 10.2. The fourth-order valence-corrected chi connectivity index (χ4v) is 3.37. The van der Waals surface area contributed by atoms with Gasteiger partial charge in [-0.25, -0.2) is 0 Å². The van der Waals surface area contributed by atoms with Crippen LogP contribution in [0.5, 0.6) is 17.2 Å². The molecule has 2 heterocycles. The first-order chi connectivity index (χ1) is 14.2. The van der Waals surface area contributed by atoms with Crippen molar-refractivity contribution in [3.05, 3.63) is 60.0 Å². The molecule has 0 saturated carbocycles. The number of fused-ring (bicyclic) bond motifs is 1. The number of ether oxygens (including phenoxy) is 3. The van der Waals surface area contributed by atoms with Crippen LogP contribution in [0.1, 0.15) is 17.6 Å². The summed E-state index contributed by atoms with van der Waals surface area (Å²) in [7, 11) is 1.60. The van der Waals surface area contributed by atoms with Crippen molar-refractivity contribution in [3.8, 4) is 17.2 Å². The Bertz CT molecular complexity index is 994. The van der Waals surface area contributed by atoms with Crippen molar-refractivity contribution in [2.24, 2.45) is 0 Å². The molecule has 8 nitrogen and oxygen atoms in total. The minimum atomic E-state index is -0.480. The molecule has 3 aromatic rings. The Balaban J connectivity index is 1.28. The number of para-hydroxylation sites is 3. The van der Waals surface area contributed by atoms with Gasteiger partial charge in [0.15, 0.2) is 11.5 Å². The van der Waals surface area contributed by atoms with Gasteiger partial charge in [0.05, 0.1) is 12.9 Å². The number of methoxy groups -OCH3 is 1. The highest BCUT2D eigenvalue weighted by molar-refractivity contribution is 7.99. The second-order valence-corrected chi connectivity index (χ2v) is 7.07. The Labute approximate surface area is 171 Å². The molecule has 1 amide bonds. The second kappa shape index (κ2) is 8.87. The molecular weight excluding hydrogens is 394 g/mol.